The number of aliphatic imine (C=N–C) groups is 1. The number of nitrogens with one attached hydrogen (secondary N) is 1. The second-order valence-corrected chi connectivity index (χ2v) is 5.85. The number of amides is 4. The molecule has 25 heavy (non-hydrogen) atoms. The van der Waals surface area contributed by atoms with Crippen molar-refractivity contribution in [3.63, 3.8) is 0 Å². The highest BCUT2D eigenvalue weighted by atomic mass is 16.2. The zero-order chi connectivity index (χ0) is 18.0. The standard InChI is InChI=1S/C19H17N3O3/c1-12-7-9-14(10-8-12)22-18(24)15(17(23)21-19(22)25)11-20-16-6-4-3-5-13(16)2/h3-11,15H,1-2H3,(H,21,23,25)/t15-/m0/s1. The van der Waals surface area contributed by atoms with Gasteiger partial charge in [-0.1, -0.05) is 35.9 Å². The Bertz CT molecular complexity index is 872. The molecule has 1 saturated heterocycles. The van der Waals surface area contributed by atoms with Crippen LogP contribution < -0.4 is 10.2 Å². The van der Waals surface area contributed by atoms with Crippen LogP contribution in [0.4, 0.5) is 16.2 Å². The number of para-hydroxylation sites is 1. The lowest BCUT2D eigenvalue weighted by molar-refractivity contribution is -0.131. The van der Waals surface area contributed by atoms with Crippen molar-refractivity contribution >= 4 is 35.4 Å². The van der Waals surface area contributed by atoms with Crippen LogP contribution >= 0.6 is 0 Å². The number of hydrogen-bond donors (Lipinski definition) is 1. The van der Waals surface area contributed by atoms with Gasteiger partial charge < -0.3 is 0 Å². The quantitative estimate of drug-likeness (QED) is 0.692. The third-order valence-electron chi connectivity index (χ3n) is 3.97. The maximum atomic E-state index is 12.7. The fourth-order valence-electron chi connectivity index (χ4n) is 2.52. The Kier molecular flexibility index (Phi) is 4.43. The molecule has 1 N–H and O–H groups in total. The Morgan fingerprint density at radius 1 is 1.00 bits per heavy atom. The predicted molar refractivity (Wildman–Crippen MR) is 95.0 cm³/mol. The fourth-order valence-corrected chi connectivity index (χ4v) is 2.52. The molecule has 1 aliphatic rings. The van der Waals surface area contributed by atoms with Crippen molar-refractivity contribution in [1.82, 2.24) is 5.32 Å². The van der Waals surface area contributed by atoms with E-state index in [1.807, 2.05) is 32.0 Å². The number of rotatable bonds is 3. The van der Waals surface area contributed by atoms with Crippen molar-refractivity contribution in [2.45, 2.75) is 13.8 Å². The van der Waals surface area contributed by atoms with E-state index in [1.54, 1.807) is 30.3 Å². The molecule has 0 radical (unpaired) electrons. The summed E-state index contributed by atoms with van der Waals surface area (Å²) in [7, 11) is 0. The van der Waals surface area contributed by atoms with Crippen LogP contribution in [0.15, 0.2) is 53.5 Å². The number of urea groups is 1. The molecule has 2 aromatic carbocycles. The first kappa shape index (κ1) is 16.6. The van der Waals surface area contributed by atoms with Gasteiger partial charge in [0.15, 0.2) is 5.92 Å². The molecule has 0 bridgehead atoms. The Hall–Kier alpha value is -3.28. The molecule has 0 aliphatic carbocycles. The van der Waals surface area contributed by atoms with Gasteiger partial charge in [0.2, 0.25) is 5.91 Å². The number of nitrogens with zero attached hydrogens (tertiary/aromatic N) is 2. The van der Waals surface area contributed by atoms with Gasteiger partial charge in [-0.3, -0.25) is 19.9 Å². The Balaban J connectivity index is 1.90. The van der Waals surface area contributed by atoms with Crippen molar-refractivity contribution in [2.24, 2.45) is 10.9 Å². The number of benzene rings is 2. The Morgan fingerprint density at radius 2 is 1.68 bits per heavy atom. The van der Waals surface area contributed by atoms with Gasteiger partial charge in [-0.15, -0.1) is 0 Å². The topological polar surface area (TPSA) is 78.8 Å². The van der Waals surface area contributed by atoms with Crippen LogP contribution in [0.2, 0.25) is 0 Å². The molecule has 2 aromatic rings. The first-order valence-electron chi connectivity index (χ1n) is 7.82. The molecule has 6 nitrogen and oxygen atoms in total. The summed E-state index contributed by atoms with van der Waals surface area (Å²) < 4.78 is 0. The molecule has 0 spiro atoms. The van der Waals surface area contributed by atoms with E-state index in [2.05, 4.69) is 10.3 Å². The molecule has 0 saturated carbocycles. The minimum Gasteiger partial charge on any atom is -0.276 e. The smallest absolute Gasteiger partial charge is 0.276 e. The highest BCUT2D eigenvalue weighted by molar-refractivity contribution is 6.32. The average molecular weight is 335 g/mol. The van der Waals surface area contributed by atoms with Gasteiger partial charge in [-0.2, -0.15) is 0 Å². The highest BCUT2D eigenvalue weighted by Gasteiger charge is 2.40. The largest absolute Gasteiger partial charge is 0.335 e. The van der Waals surface area contributed by atoms with Gasteiger partial charge in [-0.25, -0.2) is 9.69 Å². The van der Waals surface area contributed by atoms with Crippen LogP contribution in [0.5, 0.6) is 0 Å². The SMILES string of the molecule is Cc1ccc(N2C(=O)NC(=O)[C@H](C=Nc3ccccc3C)C2=O)cc1. The number of carbonyl (C=O) groups is 3. The second-order valence-electron chi connectivity index (χ2n) is 5.85. The van der Waals surface area contributed by atoms with Gasteiger partial charge in [0.25, 0.3) is 5.91 Å². The molecular formula is C19H17N3O3. The van der Waals surface area contributed by atoms with Crippen molar-refractivity contribution in [3.8, 4) is 0 Å². The third-order valence-corrected chi connectivity index (χ3v) is 3.97. The zero-order valence-corrected chi connectivity index (χ0v) is 13.9. The van der Waals surface area contributed by atoms with Crippen molar-refractivity contribution < 1.29 is 14.4 Å². The van der Waals surface area contributed by atoms with E-state index in [0.717, 1.165) is 16.0 Å². The lowest BCUT2D eigenvalue weighted by Crippen LogP contribution is -2.58. The van der Waals surface area contributed by atoms with Gasteiger partial charge in [-0.05, 0) is 37.6 Å². The van der Waals surface area contributed by atoms with Gasteiger partial charge in [0.1, 0.15) is 0 Å². The van der Waals surface area contributed by atoms with Gasteiger partial charge in [0.05, 0.1) is 11.4 Å². The highest BCUT2D eigenvalue weighted by Crippen LogP contribution is 2.22. The van der Waals surface area contributed by atoms with E-state index in [1.165, 1.54) is 6.21 Å². The van der Waals surface area contributed by atoms with E-state index in [-0.39, 0.29) is 0 Å². The first-order chi connectivity index (χ1) is 12.0. The number of anilines is 1. The Morgan fingerprint density at radius 3 is 2.36 bits per heavy atom. The summed E-state index contributed by atoms with van der Waals surface area (Å²) in [6.07, 6.45) is 1.29. The molecular weight excluding hydrogens is 318 g/mol. The number of barbiturate groups is 1. The van der Waals surface area contributed by atoms with E-state index < -0.39 is 23.8 Å². The predicted octanol–water partition coefficient (Wildman–Crippen LogP) is 2.90. The number of carbonyl (C=O) groups excluding carboxylic acids is 3. The first-order valence-corrected chi connectivity index (χ1v) is 7.82. The fraction of sp³-hybridized carbons (Fsp3) is 0.158. The summed E-state index contributed by atoms with van der Waals surface area (Å²) in [5.74, 6) is -2.44. The Labute approximate surface area is 145 Å². The van der Waals surface area contributed by atoms with Crippen LogP contribution in [0.25, 0.3) is 0 Å². The van der Waals surface area contributed by atoms with E-state index in [4.69, 9.17) is 0 Å². The number of aryl methyl sites for hydroxylation is 2. The summed E-state index contributed by atoms with van der Waals surface area (Å²) in [4.78, 5) is 42.1. The summed E-state index contributed by atoms with van der Waals surface area (Å²) in [5, 5.41) is 2.21. The van der Waals surface area contributed by atoms with Crippen LogP contribution in [0.1, 0.15) is 11.1 Å². The summed E-state index contributed by atoms with van der Waals surface area (Å²) in [6.45, 7) is 3.79. The van der Waals surface area contributed by atoms with Crippen molar-refractivity contribution in [1.29, 1.82) is 0 Å². The van der Waals surface area contributed by atoms with Gasteiger partial charge in [0, 0.05) is 6.21 Å². The average Bonchev–Trinajstić information content (AvgIpc) is 2.57. The zero-order valence-electron chi connectivity index (χ0n) is 13.9. The van der Waals surface area contributed by atoms with E-state index in [0.29, 0.717) is 11.4 Å². The molecule has 3 rings (SSSR count). The minimum absolute atomic E-state index is 0.412. The summed E-state index contributed by atoms with van der Waals surface area (Å²) in [5.41, 5.74) is 3.01. The number of hydrogen-bond acceptors (Lipinski definition) is 4. The molecule has 1 atom stereocenters. The molecule has 4 amide bonds. The van der Waals surface area contributed by atoms with Crippen LogP contribution in [0, 0.1) is 19.8 Å². The molecule has 1 fully saturated rings. The summed E-state index contributed by atoms with van der Waals surface area (Å²) in [6, 6.07) is 13.5. The van der Waals surface area contributed by atoms with E-state index in [9.17, 15) is 14.4 Å². The minimum atomic E-state index is -1.15. The van der Waals surface area contributed by atoms with Crippen LogP contribution in [-0.4, -0.2) is 24.1 Å². The molecule has 0 unspecified atom stereocenters. The maximum Gasteiger partial charge on any atom is 0.335 e. The van der Waals surface area contributed by atoms with Crippen molar-refractivity contribution in [3.05, 3.63) is 59.7 Å². The lowest BCUT2D eigenvalue weighted by Gasteiger charge is -2.28. The molecule has 0 aromatic heterocycles. The molecule has 1 aliphatic heterocycles. The monoisotopic (exact) mass is 335 g/mol. The van der Waals surface area contributed by atoms with E-state index >= 15 is 0 Å². The second kappa shape index (κ2) is 6.68. The van der Waals surface area contributed by atoms with Gasteiger partial charge >= 0.3 is 6.03 Å². The van der Waals surface area contributed by atoms with Crippen molar-refractivity contribution in [2.75, 3.05) is 4.90 Å². The molecule has 126 valence electrons. The summed E-state index contributed by atoms with van der Waals surface area (Å²) >= 11 is 0. The molecule has 1 heterocycles. The lowest BCUT2D eigenvalue weighted by atomic mass is 10.1. The van der Waals surface area contributed by atoms with Crippen LogP contribution in [-0.2, 0) is 9.59 Å². The van der Waals surface area contributed by atoms with Crippen LogP contribution in [0.3, 0.4) is 0 Å². The number of imide groups is 2. The maximum absolute atomic E-state index is 12.7. The molecule has 6 heteroatoms. The normalized spacial score (nSPS) is 17.9. The third kappa shape index (κ3) is 3.33.